The Hall–Kier alpha value is -1.39. The molecule has 0 spiro atoms. The smallest absolute Gasteiger partial charge is 0.252 e. The van der Waals surface area contributed by atoms with Gasteiger partial charge >= 0.3 is 0 Å². The zero-order chi connectivity index (χ0) is 19.9. The Kier molecular flexibility index (Phi) is 5.54. The van der Waals surface area contributed by atoms with Crippen molar-refractivity contribution < 1.29 is 13.2 Å². The van der Waals surface area contributed by atoms with Crippen molar-refractivity contribution >= 4 is 61.0 Å². The molecular weight excluding hydrogens is 507 g/mol. The number of nitrogens with zero attached hydrogens (tertiary/aromatic N) is 2. The van der Waals surface area contributed by atoms with Gasteiger partial charge in [-0.15, -0.1) is 0 Å². The minimum atomic E-state index is -3.07. The largest absolute Gasteiger partial charge is 0.316 e. The summed E-state index contributed by atoms with van der Waals surface area (Å²) < 4.78 is 25.3. The highest BCUT2D eigenvalue weighted by Crippen LogP contribution is 2.41. The monoisotopic (exact) mass is 526 g/mol. The first-order chi connectivity index (χ1) is 13.3. The van der Waals surface area contributed by atoms with Crippen molar-refractivity contribution in [3.8, 4) is 0 Å². The van der Waals surface area contributed by atoms with Gasteiger partial charge in [0, 0.05) is 14.5 Å². The molecule has 2 heterocycles. The van der Waals surface area contributed by atoms with Gasteiger partial charge in [-0.05, 0) is 53.3 Å². The van der Waals surface area contributed by atoms with Gasteiger partial charge in [0.1, 0.15) is 0 Å². The number of hydrogen-bond acceptors (Lipinski definition) is 4. The third-order valence-corrected chi connectivity index (χ3v) is 8.73. The number of anilines is 1. The van der Waals surface area contributed by atoms with Crippen LogP contribution in [0.3, 0.4) is 0 Å². The summed E-state index contributed by atoms with van der Waals surface area (Å²) in [5.74, 6) is 0.0136. The predicted octanol–water partition coefficient (Wildman–Crippen LogP) is 3.44. The molecule has 2 saturated heterocycles. The number of halogens is 1. The molecule has 0 radical (unpaired) electrons. The number of thioether (sulfide) groups is 1. The van der Waals surface area contributed by atoms with E-state index in [4.69, 9.17) is 0 Å². The molecule has 2 atom stereocenters. The number of carbonyl (C=O) groups excluding carboxylic acids is 1. The second-order valence-corrected chi connectivity index (χ2v) is 11.7. The number of amidine groups is 1. The fourth-order valence-corrected chi connectivity index (χ4v) is 7.98. The highest BCUT2D eigenvalue weighted by Gasteiger charge is 2.49. The van der Waals surface area contributed by atoms with Crippen LogP contribution in [-0.2, 0) is 21.1 Å². The van der Waals surface area contributed by atoms with Gasteiger partial charge in [-0.2, -0.15) is 4.99 Å². The summed E-state index contributed by atoms with van der Waals surface area (Å²) in [5, 5.41) is 0.512. The summed E-state index contributed by atoms with van der Waals surface area (Å²) in [6.07, 6.45) is 0.234. The van der Waals surface area contributed by atoms with Crippen molar-refractivity contribution in [2.24, 2.45) is 4.99 Å². The van der Waals surface area contributed by atoms with Gasteiger partial charge in [0.15, 0.2) is 15.0 Å². The Bertz CT molecular complexity index is 1050. The second-order valence-electron chi connectivity index (χ2n) is 7.10. The molecule has 0 bridgehead atoms. The first kappa shape index (κ1) is 19.9. The van der Waals surface area contributed by atoms with Crippen molar-refractivity contribution in [1.82, 2.24) is 0 Å². The number of aliphatic imine (C=N–C) groups is 1. The van der Waals surface area contributed by atoms with Gasteiger partial charge in [0.2, 0.25) is 0 Å². The van der Waals surface area contributed by atoms with Gasteiger partial charge in [-0.25, -0.2) is 8.42 Å². The molecule has 2 aliphatic heterocycles. The Morgan fingerprint density at radius 1 is 1.21 bits per heavy atom. The predicted molar refractivity (Wildman–Crippen MR) is 123 cm³/mol. The molecule has 0 unspecified atom stereocenters. The quantitative estimate of drug-likeness (QED) is 0.574. The maximum Gasteiger partial charge on any atom is 0.252 e. The van der Waals surface area contributed by atoms with Crippen LogP contribution in [0, 0.1) is 10.5 Å². The van der Waals surface area contributed by atoms with E-state index >= 15 is 0 Å². The van der Waals surface area contributed by atoms with E-state index in [1.807, 2.05) is 60.4 Å². The molecule has 2 aliphatic rings. The number of sulfone groups is 1. The van der Waals surface area contributed by atoms with E-state index in [9.17, 15) is 13.2 Å². The van der Waals surface area contributed by atoms with Crippen molar-refractivity contribution in [2.75, 3.05) is 16.4 Å². The molecule has 2 aromatic rings. The molecule has 28 heavy (non-hydrogen) atoms. The molecule has 2 aromatic carbocycles. The fraction of sp³-hybridized carbons (Fsp3) is 0.300. The van der Waals surface area contributed by atoms with E-state index in [0.29, 0.717) is 5.17 Å². The third-order valence-electron chi connectivity index (χ3n) is 4.85. The van der Waals surface area contributed by atoms with Crippen LogP contribution in [0.25, 0.3) is 0 Å². The van der Waals surface area contributed by atoms with Crippen LogP contribution in [0.2, 0.25) is 0 Å². The lowest BCUT2D eigenvalue weighted by atomic mass is 10.1. The molecule has 0 saturated carbocycles. The number of aryl methyl sites for hydroxylation is 1. The van der Waals surface area contributed by atoms with Gasteiger partial charge in [0.05, 0.1) is 24.0 Å². The van der Waals surface area contributed by atoms with E-state index in [2.05, 4.69) is 27.6 Å². The topological polar surface area (TPSA) is 66.8 Å². The molecule has 0 N–H and O–H groups in total. The van der Waals surface area contributed by atoms with Crippen molar-refractivity contribution in [3.05, 3.63) is 63.2 Å². The average Bonchev–Trinajstić information content (AvgIpc) is 3.07. The normalized spacial score (nSPS) is 24.5. The molecular formula is C20H19IN2O3S2. The SMILES string of the molecule is Cc1ccc(CC(=O)N=C2S[C@H]3CS(=O)(=O)C[C@@H]3N2c2cccc(I)c2)cc1. The van der Waals surface area contributed by atoms with E-state index in [-0.39, 0.29) is 35.1 Å². The summed E-state index contributed by atoms with van der Waals surface area (Å²) in [6.45, 7) is 2.01. The maximum atomic E-state index is 12.6. The summed E-state index contributed by atoms with van der Waals surface area (Å²) in [6, 6.07) is 15.5. The van der Waals surface area contributed by atoms with Crippen LogP contribution >= 0.6 is 34.4 Å². The maximum absolute atomic E-state index is 12.6. The first-order valence-corrected chi connectivity index (χ1v) is 12.7. The van der Waals surface area contributed by atoms with E-state index < -0.39 is 9.84 Å². The molecule has 5 nitrogen and oxygen atoms in total. The van der Waals surface area contributed by atoms with Gasteiger partial charge in [0.25, 0.3) is 5.91 Å². The number of amides is 1. The van der Waals surface area contributed by atoms with Crippen molar-refractivity contribution in [3.63, 3.8) is 0 Å². The highest BCUT2D eigenvalue weighted by molar-refractivity contribution is 14.1. The Morgan fingerprint density at radius 2 is 1.96 bits per heavy atom. The van der Waals surface area contributed by atoms with Gasteiger partial charge in [-0.1, -0.05) is 47.7 Å². The zero-order valence-corrected chi connectivity index (χ0v) is 19.0. The van der Waals surface area contributed by atoms with Crippen LogP contribution < -0.4 is 4.90 Å². The molecule has 0 aliphatic carbocycles. The minimum absolute atomic E-state index is 0.0891. The Morgan fingerprint density at radius 3 is 2.68 bits per heavy atom. The molecule has 2 fully saturated rings. The summed E-state index contributed by atoms with van der Waals surface area (Å²) in [4.78, 5) is 18.9. The lowest BCUT2D eigenvalue weighted by Crippen LogP contribution is -2.37. The zero-order valence-electron chi connectivity index (χ0n) is 15.2. The molecule has 0 aromatic heterocycles. The van der Waals surface area contributed by atoms with Crippen molar-refractivity contribution in [1.29, 1.82) is 0 Å². The number of rotatable bonds is 3. The highest BCUT2D eigenvalue weighted by atomic mass is 127. The lowest BCUT2D eigenvalue weighted by Gasteiger charge is -2.24. The first-order valence-electron chi connectivity index (χ1n) is 8.90. The van der Waals surface area contributed by atoms with Crippen LogP contribution in [0.5, 0.6) is 0 Å². The van der Waals surface area contributed by atoms with Gasteiger partial charge in [-0.3, -0.25) is 4.79 Å². The number of hydrogen-bond donors (Lipinski definition) is 0. The Labute approximate surface area is 182 Å². The fourth-order valence-electron chi connectivity index (χ4n) is 3.52. The molecule has 1 amide bonds. The van der Waals surface area contributed by atoms with Crippen LogP contribution in [-0.4, -0.2) is 42.3 Å². The van der Waals surface area contributed by atoms with Crippen LogP contribution in [0.15, 0.2) is 53.5 Å². The van der Waals surface area contributed by atoms with Crippen LogP contribution in [0.4, 0.5) is 5.69 Å². The van der Waals surface area contributed by atoms with Crippen LogP contribution in [0.1, 0.15) is 11.1 Å². The van der Waals surface area contributed by atoms with Gasteiger partial charge < -0.3 is 4.90 Å². The summed E-state index contributed by atoms with van der Waals surface area (Å²) in [7, 11) is -3.07. The molecule has 4 rings (SSSR count). The van der Waals surface area contributed by atoms with Crippen molar-refractivity contribution in [2.45, 2.75) is 24.6 Å². The number of fused-ring (bicyclic) bond motifs is 1. The third kappa shape index (κ3) is 4.28. The Balaban J connectivity index is 1.63. The lowest BCUT2D eigenvalue weighted by molar-refractivity contribution is -0.117. The number of benzene rings is 2. The summed E-state index contributed by atoms with van der Waals surface area (Å²) in [5.41, 5.74) is 2.95. The molecule has 8 heteroatoms. The van der Waals surface area contributed by atoms with E-state index in [1.165, 1.54) is 11.8 Å². The summed E-state index contributed by atoms with van der Waals surface area (Å²) >= 11 is 3.64. The number of carbonyl (C=O) groups is 1. The minimum Gasteiger partial charge on any atom is -0.316 e. The average molecular weight is 526 g/mol. The second kappa shape index (κ2) is 7.79. The van der Waals surface area contributed by atoms with E-state index in [0.717, 1.165) is 20.4 Å². The molecule has 146 valence electrons. The van der Waals surface area contributed by atoms with E-state index in [1.54, 1.807) is 0 Å². The standard InChI is InChI=1S/C20H19IN2O3S2/c1-13-5-7-14(8-6-13)9-19(24)22-20-23(16-4-2-3-15(21)10-16)17-11-28(25,26)12-18(17)27-20/h2-8,10,17-18H,9,11-12H2,1H3/t17-,18-/m0/s1.